The molecule has 0 aromatic heterocycles. The normalized spacial score (nSPS) is 22.9. The number of carbonyl (C=O) groups is 1. The van der Waals surface area contributed by atoms with Crippen LogP contribution in [0.3, 0.4) is 0 Å². The molecule has 1 saturated carbocycles. The van der Waals surface area contributed by atoms with Gasteiger partial charge in [0.1, 0.15) is 0 Å². The van der Waals surface area contributed by atoms with Gasteiger partial charge in [0.2, 0.25) is 5.91 Å². The smallest absolute Gasteiger partial charge is 0.224 e. The van der Waals surface area contributed by atoms with Gasteiger partial charge in [-0.1, -0.05) is 29.8 Å². The molecule has 0 bridgehead atoms. The van der Waals surface area contributed by atoms with Crippen LogP contribution in [0.25, 0.3) is 0 Å². The number of benzene rings is 1. The Kier molecular flexibility index (Phi) is 3.79. The van der Waals surface area contributed by atoms with Crippen molar-refractivity contribution in [1.82, 2.24) is 5.32 Å². The molecule has 92 valence electrons. The average molecular weight is 232 g/mol. The van der Waals surface area contributed by atoms with Crippen molar-refractivity contribution in [3.8, 4) is 0 Å². The van der Waals surface area contributed by atoms with Crippen molar-refractivity contribution in [1.29, 1.82) is 0 Å². The molecule has 0 heterocycles. The van der Waals surface area contributed by atoms with Crippen molar-refractivity contribution in [3.63, 3.8) is 0 Å². The Morgan fingerprint density at radius 1 is 1.35 bits per heavy atom. The van der Waals surface area contributed by atoms with Crippen molar-refractivity contribution in [3.05, 3.63) is 35.4 Å². The summed E-state index contributed by atoms with van der Waals surface area (Å²) in [6, 6.07) is 8.44. The first-order chi connectivity index (χ1) is 8.13. The third kappa shape index (κ3) is 3.56. The van der Waals surface area contributed by atoms with Gasteiger partial charge >= 0.3 is 0 Å². The minimum atomic E-state index is 0.106. The molecule has 0 radical (unpaired) electrons. The summed E-state index contributed by atoms with van der Waals surface area (Å²) >= 11 is 0. The largest absolute Gasteiger partial charge is 0.356 e. The van der Waals surface area contributed by atoms with Crippen molar-refractivity contribution in [2.75, 3.05) is 6.54 Å². The van der Waals surface area contributed by atoms with Crippen molar-refractivity contribution in [2.45, 2.75) is 32.2 Å². The van der Waals surface area contributed by atoms with Crippen molar-refractivity contribution >= 4 is 5.91 Å². The van der Waals surface area contributed by atoms with Crippen LogP contribution in [0, 0.1) is 12.8 Å². The molecule has 1 fully saturated rings. The second-order valence-corrected chi connectivity index (χ2v) is 5.06. The summed E-state index contributed by atoms with van der Waals surface area (Å²) in [5, 5.41) is 2.97. The molecule has 1 aromatic carbocycles. The zero-order valence-corrected chi connectivity index (χ0v) is 10.3. The third-order valence-electron chi connectivity index (χ3n) is 3.35. The Morgan fingerprint density at radius 2 is 2.00 bits per heavy atom. The van der Waals surface area contributed by atoms with Crippen molar-refractivity contribution < 1.29 is 4.79 Å². The number of nitrogens with two attached hydrogens (primary N) is 1. The maximum atomic E-state index is 11.7. The molecule has 1 amide bonds. The summed E-state index contributed by atoms with van der Waals surface area (Å²) in [6.45, 7) is 2.82. The van der Waals surface area contributed by atoms with Gasteiger partial charge in [0, 0.05) is 12.6 Å². The molecule has 3 heteroatoms. The molecule has 0 saturated heterocycles. The second-order valence-electron chi connectivity index (χ2n) is 5.06. The minimum Gasteiger partial charge on any atom is -0.356 e. The SMILES string of the molecule is Cc1ccc(CC(=O)NCC2CC(N)C2)cc1. The van der Waals surface area contributed by atoms with E-state index in [-0.39, 0.29) is 5.91 Å². The van der Waals surface area contributed by atoms with E-state index in [0.29, 0.717) is 18.4 Å². The number of carbonyl (C=O) groups excluding carboxylic acids is 1. The zero-order valence-electron chi connectivity index (χ0n) is 10.3. The molecule has 0 unspecified atom stereocenters. The van der Waals surface area contributed by atoms with E-state index in [1.165, 1.54) is 5.56 Å². The number of hydrogen-bond acceptors (Lipinski definition) is 2. The molecule has 2 rings (SSSR count). The summed E-state index contributed by atoms with van der Waals surface area (Å²) in [5.74, 6) is 0.696. The molecular weight excluding hydrogens is 212 g/mol. The Morgan fingerprint density at radius 3 is 2.59 bits per heavy atom. The molecule has 3 N–H and O–H groups in total. The van der Waals surface area contributed by atoms with Crippen LogP contribution in [0.4, 0.5) is 0 Å². The fraction of sp³-hybridized carbons (Fsp3) is 0.500. The lowest BCUT2D eigenvalue weighted by atomic mass is 9.81. The topological polar surface area (TPSA) is 55.1 Å². The highest BCUT2D eigenvalue weighted by atomic mass is 16.1. The summed E-state index contributed by atoms with van der Waals surface area (Å²) in [5.41, 5.74) is 7.99. The van der Waals surface area contributed by atoms with Crippen LogP contribution in [0.2, 0.25) is 0 Å². The van der Waals surface area contributed by atoms with Gasteiger partial charge in [0.15, 0.2) is 0 Å². The molecule has 1 aliphatic carbocycles. The molecule has 1 aliphatic rings. The Labute approximate surface area is 102 Å². The lowest BCUT2D eigenvalue weighted by Crippen LogP contribution is -2.42. The van der Waals surface area contributed by atoms with Gasteiger partial charge in [-0.15, -0.1) is 0 Å². The minimum absolute atomic E-state index is 0.106. The van der Waals surface area contributed by atoms with Gasteiger partial charge in [0.05, 0.1) is 6.42 Å². The lowest BCUT2D eigenvalue weighted by molar-refractivity contribution is -0.120. The van der Waals surface area contributed by atoms with E-state index >= 15 is 0 Å². The van der Waals surface area contributed by atoms with E-state index in [4.69, 9.17) is 5.73 Å². The van der Waals surface area contributed by atoms with Gasteiger partial charge in [0.25, 0.3) is 0 Å². The zero-order chi connectivity index (χ0) is 12.3. The summed E-state index contributed by atoms with van der Waals surface area (Å²) in [4.78, 5) is 11.7. The van der Waals surface area contributed by atoms with Crippen LogP contribution >= 0.6 is 0 Å². The molecule has 0 atom stereocenters. The molecule has 0 aliphatic heterocycles. The van der Waals surface area contributed by atoms with Crippen LogP contribution in [0.5, 0.6) is 0 Å². The number of nitrogens with one attached hydrogen (secondary N) is 1. The molecular formula is C14H20N2O. The van der Waals surface area contributed by atoms with Crippen LogP contribution < -0.4 is 11.1 Å². The molecule has 1 aromatic rings. The van der Waals surface area contributed by atoms with Crippen LogP contribution in [0.15, 0.2) is 24.3 Å². The van der Waals surface area contributed by atoms with E-state index in [9.17, 15) is 4.79 Å². The predicted molar refractivity (Wildman–Crippen MR) is 68.6 cm³/mol. The highest BCUT2D eigenvalue weighted by molar-refractivity contribution is 5.78. The first-order valence-electron chi connectivity index (χ1n) is 6.21. The maximum Gasteiger partial charge on any atom is 0.224 e. The number of rotatable bonds is 4. The fourth-order valence-corrected chi connectivity index (χ4v) is 2.17. The van der Waals surface area contributed by atoms with E-state index < -0.39 is 0 Å². The van der Waals surface area contributed by atoms with Crippen LogP contribution in [0.1, 0.15) is 24.0 Å². The lowest BCUT2D eigenvalue weighted by Gasteiger charge is -2.32. The predicted octanol–water partition coefficient (Wildman–Crippen LogP) is 1.39. The Balaban J connectivity index is 1.71. The van der Waals surface area contributed by atoms with E-state index in [1.54, 1.807) is 0 Å². The van der Waals surface area contributed by atoms with Crippen LogP contribution in [-0.2, 0) is 11.2 Å². The van der Waals surface area contributed by atoms with Crippen LogP contribution in [-0.4, -0.2) is 18.5 Å². The Hall–Kier alpha value is -1.35. The van der Waals surface area contributed by atoms with Gasteiger partial charge in [-0.3, -0.25) is 4.79 Å². The quantitative estimate of drug-likeness (QED) is 0.824. The van der Waals surface area contributed by atoms with E-state index in [0.717, 1.165) is 24.9 Å². The molecule has 3 nitrogen and oxygen atoms in total. The summed E-state index contributed by atoms with van der Waals surface area (Å²) in [7, 11) is 0. The maximum absolute atomic E-state index is 11.7. The van der Waals surface area contributed by atoms with Gasteiger partial charge in [-0.25, -0.2) is 0 Å². The van der Waals surface area contributed by atoms with E-state index in [2.05, 4.69) is 5.32 Å². The van der Waals surface area contributed by atoms with Gasteiger partial charge in [-0.2, -0.15) is 0 Å². The molecule has 0 spiro atoms. The van der Waals surface area contributed by atoms with Gasteiger partial charge < -0.3 is 11.1 Å². The number of aryl methyl sites for hydroxylation is 1. The van der Waals surface area contributed by atoms with Gasteiger partial charge in [-0.05, 0) is 31.2 Å². The average Bonchev–Trinajstić information content (AvgIpc) is 2.26. The standard InChI is InChI=1S/C14H20N2O/c1-10-2-4-11(5-3-10)8-14(17)16-9-12-6-13(15)7-12/h2-5,12-13H,6-9,15H2,1H3,(H,16,17). The highest BCUT2D eigenvalue weighted by Crippen LogP contribution is 2.24. The summed E-state index contributed by atoms with van der Waals surface area (Å²) in [6.07, 6.45) is 2.56. The van der Waals surface area contributed by atoms with E-state index in [1.807, 2.05) is 31.2 Å². The Bertz CT molecular complexity index is 380. The van der Waals surface area contributed by atoms with Crippen molar-refractivity contribution in [2.24, 2.45) is 11.7 Å². The monoisotopic (exact) mass is 232 g/mol. The fourth-order valence-electron chi connectivity index (χ4n) is 2.17. The second kappa shape index (κ2) is 5.32. The molecule has 17 heavy (non-hydrogen) atoms. The first-order valence-corrected chi connectivity index (χ1v) is 6.21. The highest BCUT2D eigenvalue weighted by Gasteiger charge is 2.25. The number of amides is 1. The summed E-state index contributed by atoms with van der Waals surface area (Å²) < 4.78 is 0. The first kappa shape index (κ1) is 12.1. The number of hydrogen-bond donors (Lipinski definition) is 2. The third-order valence-corrected chi connectivity index (χ3v) is 3.35.